The number of hydrogen-bond acceptors (Lipinski definition) is 1. The van der Waals surface area contributed by atoms with Gasteiger partial charge in [-0.05, 0) is 13.3 Å². The van der Waals surface area contributed by atoms with Crippen LogP contribution >= 0.6 is 0 Å². The van der Waals surface area contributed by atoms with Gasteiger partial charge in [-0.25, -0.2) is 4.79 Å². The zero-order chi connectivity index (χ0) is 7.28. The fourth-order valence-electron chi connectivity index (χ4n) is 0.520. The van der Waals surface area contributed by atoms with E-state index in [1.807, 2.05) is 0 Å². The minimum Gasteiger partial charge on any atom is -0.465 e. The van der Waals surface area contributed by atoms with Gasteiger partial charge in [0.2, 0.25) is 0 Å². The quantitative estimate of drug-likeness (QED) is 0.563. The lowest BCUT2D eigenvalue weighted by molar-refractivity contribution is 0.191. The van der Waals surface area contributed by atoms with E-state index in [1.165, 1.54) is 0 Å². The van der Waals surface area contributed by atoms with Crippen LogP contribution in [0.25, 0.3) is 0 Å². The zero-order valence-corrected chi connectivity index (χ0v) is 5.42. The van der Waals surface area contributed by atoms with Crippen LogP contribution in [0.15, 0.2) is 12.7 Å². The zero-order valence-electron chi connectivity index (χ0n) is 5.42. The Labute approximate surface area is 54.4 Å². The highest BCUT2D eigenvalue weighted by molar-refractivity contribution is 5.64. The fourth-order valence-corrected chi connectivity index (χ4v) is 0.520. The molecule has 0 fully saturated rings. The van der Waals surface area contributed by atoms with Gasteiger partial charge in [0, 0.05) is 6.04 Å². The Balaban J connectivity index is 3.37. The van der Waals surface area contributed by atoms with E-state index in [0.717, 1.165) is 0 Å². The van der Waals surface area contributed by atoms with Gasteiger partial charge in [0.15, 0.2) is 0 Å². The Morgan fingerprint density at radius 2 is 2.56 bits per heavy atom. The Bertz CT molecular complexity index is 112. The molecule has 0 unspecified atom stereocenters. The summed E-state index contributed by atoms with van der Waals surface area (Å²) in [5.74, 6) is 0. The monoisotopic (exact) mass is 129 g/mol. The van der Waals surface area contributed by atoms with E-state index in [-0.39, 0.29) is 6.04 Å². The Morgan fingerprint density at radius 3 is 2.89 bits per heavy atom. The van der Waals surface area contributed by atoms with Crippen LogP contribution in [0.5, 0.6) is 0 Å². The molecule has 1 amide bonds. The molecule has 0 saturated heterocycles. The van der Waals surface area contributed by atoms with E-state index in [9.17, 15) is 4.79 Å². The van der Waals surface area contributed by atoms with Crippen LogP contribution in [0.2, 0.25) is 0 Å². The number of hydrogen-bond donors (Lipinski definition) is 2. The molecule has 0 bridgehead atoms. The predicted molar refractivity (Wildman–Crippen MR) is 35.4 cm³/mol. The molecule has 0 saturated carbocycles. The van der Waals surface area contributed by atoms with Crippen molar-refractivity contribution in [3.8, 4) is 0 Å². The molecular formula is C6H11NO2. The summed E-state index contributed by atoms with van der Waals surface area (Å²) in [6.07, 6.45) is 1.37. The smallest absolute Gasteiger partial charge is 0.404 e. The van der Waals surface area contributed by atoms with Crippen molar-refractivity contribution in [1.82, 2.24) is 5.32 Å². The molecule has 0 aromatic heterocycles. The van der Waals surface area contributed by atoms with Crippen molar-refractivity contribution in [3.05, 3.63) is 12.7 Å². The first-order chi connectivity index (χ1) is 4.16. The van der Waals surface area contributed by atoms with Crippen molar-refractivity contribution in [2.75, 3.05) is 0 Å². The van der Waals surface area contributed by atoms with Crippen molar-refractivity contribution >= 4 is 6.09 Å². The van der Waals surface area contributed by atoms with Gasteiger partial charge in [-0.2, -0.15) is 0 Å². The second-order valence-corrected chi connectivity index (χ2v) is 1.87. The van der Waals surface area contributed by atoms with Gasteiger partial charge in [0.05, 0.1) is 0 Å². The highest BCUT2D eigenvalue weighted by atomic mass is 16.4. The number of carbonyl (C=O) groups is 1. The number of nitrogens with one attached hydrogen (secondary N) is 1. The third-order valence-electron chi connectivity index (χ3n) is 0.890. The summed E-state index contributed by atoms with van der Waals surface area (Å²) >= 11 is 0. The van der Waals surface area contributed by atoms with Crippen LogP contribution in [0, 0.1) is 0 Å². The van der Waals surface area contributed by atoms with Crippen LogP contribution < -0.4 is 5.32 Å². The molecule has 0 heterocycles. The van der Waals surface area contributed by atoms with E-state index >= 15 is 0 Å². The largest absolute Gasteiger partial charge is 0.465 e. The van der Waals surface area contributed by atoms with Gasteiger partial charge >= 0.3 is 6.09 Å². The van der Waals surface area contributed by atoms with Crippen molar-refractivity contribution in [2.45, 2.75) is 19.4 Å². The third-order valence-corrected chi connectivity index (χ3v) is 0.890. The lowest BCUT2D eigenvalue weighted by Gasteiger charge is -2.06. The molecule has 3 nitrogen and oxygen atoms in total. The lowest BCUT2D eigenvalue weighted by Crippen LogP contribution is -2.30. The summed E-state index contributed by atoms with van der Waals surface area (Å²) in [5, 5.41) is 10.5. The highest BCUT2D eigenvalue weighted by Crippen LogP contribution is 1.88. The normalized spacial score (nSPS) is 12.1. The van der Waals surface area contributed by atoms with Gasteiger partial charge in [-0.1, -0.05) is 6.08 Å². The fraction of sp³-hybridized carbons (Fsp3) is 0.500. The molecule has 0 aliphatic heterocycles. The number of carboxylic acid groups (broad SMARTS) is 1. The molecule has 0 aliphatic rings. The minimum atomic E-state index is -0.982. The number of amides is 1. The summed E-state index contributed by atoms with van der Waals surface area (Å²) in [6.45, 7) is 5.26. The maximum Gasteiger partial charge on any atom is 0.404 e. The van der Waals surface area contributed by atoms with Crippen molar-refractivity contribution in [1.29, 1.82) is 0 Å². The van der Waals surface area contributed by atoms with E-state index in [0.29, 0.717) is 6.42 Å². The van der Waals surface area contributed by atoms with Crippen molar-refractivity contribution < 1.29 is 9.90 Å². The van der Waals surface area contributed by atoms with Crippen molar-refractivity contribution in [3.63, 3.8) is 0 Å². The molecule has 0 rings (SSSR count). The Morgan fingerprint density at radius 1 is 2.00 bits per heavy atom. The summed E-state index contributed by atoms with van der Waals surface area (Å²) in [7, 11) is 0. The second kappa shape index (κ2) is 3.95. The summed E-state index contributed by atoms with van der Waals surface area (Å²) in [4.78, 5) is 9.94. The minimum absolute atomic E-state index is 0.0278. The first-order valence-electron chi connectivity index (χ1n) is 2.77. The average Bonchev–Trinajstić information content (AvgIpc) is 1.63. The van der Waals surface area contributed by atoms with E-state index < -0.39 is 6.09 Å². The van der Waals surface area contributed by atoms with Gasteiger partial charge in [-0.3, -0.25) is 0 Å². The predicted octanol–water partition coefficient (Wildman–Crippen LogP) is 1.22. The van der Waals surface area contributed by atoms with Crippen LogP contribution in [-0.4, -0.2) is 17.2 Å². The van der Waals surface area contributed by atoms with E-state index in [4.69, 9.17) is 5.11 Å². The molecular weight excluding hydrogens is 118 g/mol. The maximum absolute atomic E-state index is 9.94. The highest BCUT2D eigenvalue weighted by Gasteiger charge is 2.00. The third kappa shape index (κ3) is 4.87. The van der Waals surface area contributed by atoms with Gasteiger partial charge in [0.1, 0.15) is 0 Å². The van der Waals surface area contributed by atoms with Crippen LogP contribution in [-0.2, 0) is 0 Å². The molecule has 9 heavy (non-hydrogen) atoms. The molecule has 0 aliphatic carbocycles. The molecule has 52 valence electrons. The Hall–Kier alpha value is -0.990. The molecule has 0 radical (unpaired) electrons. The molecule has 0 aromatic carbocycles. The first kappa shape index (κ1) is 8.01. The van der Waals surface area contributed by atoms with Crippen molar-refractivity contribution in [2.24, 2.45) is 0 Å². The molecule has 1 atom stereocenters. The molecule has 0 aromatic rings. The van der Waals surface area contributed by atoms with Gasteiger partial charge < -0.3 is 10.4 Å². The SMILES string of the molecule is C=CC[C@@H](C)NC(=O)O. The summed E-state index contributed by atoms with van der Waals surface area (Å²) in [6, 6.07) is -0.0278. The summed E-state index contributed by atoms with van der Waals surface area (Å²) in [5.41, 5.74) is 0. The molecule has 3 heteroatoms. The first-order valence-corrected chi connectivity index (χ1v) is 2.77. The van der Waals surface area contributed by atoms with E-state index in [2.05, 4.69) is 11.9 Å². The van der Waals surface area contributed by atoms with Gasteiger partial charge in [-0.15, -0.1) is 6.58 Å². The summed E-state index contributed by atoms with van der Waals surface area (Å²) < 4.78 is 0. The molecule has 2 N–H and O–H groups in total. The number of rotatable bonds is 3. The lowest BCUT2D eigenvalue weighted by atomic mass is 10.2. The van der Waals surface area contributed by atoms with Crippen LogP contribution in [0.1, 0.15) is 13.3 Å². The Kier molecular flexibility index (Phi) is 3.51. The van der Waals surface area contributed by atoms with Gasteiger partial charge in [0.25, 0.3) is 0 Å². The van der Waals surface area contributed by atoms with Crippen LogP contribution in [0.3, 0.4) is 0 Å². The maximum atomic E-state index is 9.94. The second-order valence-electron chi connectivity index (χ2n) is 1.87. The van der Waals surface area contributed by atoms with Crippen LogP contribution in [0.4, 0.5) is 4.79 Å². The topological polar surface area (TPSA) is 49.3 Å². The average molecular weight is 129 g/mol. The molecule has 0 spiro atoms. The van der Waals surface area contributed by atoms with E-state index in [1.54, 1.807) is 13.0 Å². The standard InChI is InChI=1S/C6H11NO2/c1-3-4-5(2)7-6(8)9/h3,5,7H,1,4H2,2H3,(H,8,9)/t5-/m1/s1.